The zero-order valence-corrected chi connectivity index (χ0v) is 10.5. The van der Waals surface area contributed by atoms with Crippen LogP contribution in [0.1, 0.15) is 17.5 Å². The molecule has 0 atom stereocenters. The van der Waals surface area contributed by atoms with Crippen LogP contribution in [0.3, 0.4) is 0 Å². The number of para-hydroxylation sites is 1. The van der Waals surface area contributed by atoms with Gasteiger partial charge in [-0.05, 0) is 35.7 Å². The zero-order chi connectivity index (χ0) is 13.2. The average molecular weight is 253 g/mol. The molecule has 2 aromatic rings. The second-order valence-corrected chi connectivity index (χ2v) is 4.69. The molecule has 0 saturated heterocycles. The van der Waals surface area contributed by atoms with Crippen molar-refractivity contribution in [1.82, 2.24) is 0 Å². The molecule has 1 aliphatic rings. The van der Waals surface area contributed by atoms with Crippen molar-refractivity contribution in [3.05, 3.63) is 59.7 Å². The molecule has 0 spiro atoms. The Hall–Kier alpha value is -2.13. The molecular formula is C16H15NO2. The SMILES string of the molecule is O=C1CCc2ccc(CO)cc2N1c1ccccc1. The smallest absolute Gasteiger partial charge is 0.231 e. The molecule has 1 heterocycles. The van der Waals surface area contributed by atoms with Crippen LogP contribution in [0.15, 0.2) is 48.5 Å². The van der Waals surface area contributed by atoms with E-state index in [9.17, 15) is 9.90 Å². The summed E-state index contributed by atoms with van der Waals surface area (Å²) in [5, 5.41) is 9.26. The number of aliphatic hydroxyl groups excluding tert-OH is 1. The van der Waals surface area contributed by atoms with Crippen molar-refractivity contribution >= 4 is 17.3 Å². The monoisotopic (exact) mass is 253 g/mol. The minimum Gasteiger partial charge on any atom is -0.392 e. The number of benzene rings is 2. The number of rotatable bonds is 2. The fourth-order valence-corrected chi connectivity index (χ4v) is 2.48. The number of hydrogen-bond donors (Lipinski definition) is 1. The van der Waals surface area contributed by atoms with E-state index in [0.717, 1.165) is 28.9 Å². The third-order valence-electron chi connectivity index (χ3n) is 3.45. The summed E-state index contributed by atoms with van der Waals surface area (Å²) >= 11 is 0. The summed E-state index contributed by atoms with van der Waals surface area (Å²) in [5.74, 6) is 0.105. The molecule has 3 rings (SSSR count). The molecule has 96 valence electrons. The summed E-state index contributed by atoms with van der Waals surface area (Å²) in [6, 6.07) is 15.5. The lowest BCUT2D eigenvalue weighted by Gasteiger charge is -2.30. The van der Waals surface area contributed by atoms with E-state index in [1.807, 2.05) is 48.5 Å². The summed E-state index contributed by atoms with van der Waals surface area (Å²) in [6.45, 7) is -0.00982. The Bertz CT molecular complexity index is 607. The molecule has 3 nitrogen and oxygen atoms in total. The highest BCUT2D eigenvalue weighted by Crippen LogP contribution is 2.34. The van der Waals surface area contributed by atoms with Crippen LogP contribution >= 0.6 is 0 Å². The van der Waals surface area contributed by atoms with Gasteiger partial charge in [0.05, 0.1) is 12.3 Å². The van der Waals surface area contributed by atoms with Crippen molar-refractivity contribution in [2.24, 2.45) is 0 Å². The number of amides is 1. The normalized spacial score (nSPS) is 14.4. The van der Waals surface area contributed by atoms with Crippen molar-refractivity contribution in [1.29, 1.82) is 0 Å². The van der Waals surface area contributed by atoms with Gasteiger partial charge in [-0.25, -0.2) is 0 Å². The maximum atomic E-state index is 12.2. The van der Waals surface area contributed by atoms with E-state index in [-0.39, 0.29) is 12.5 Å². The molecule has 2 aromatic carbocycles. The lowest BCUT2D eigenvalue weighted by atomic mass is 9.98. The van der Waals surface area contributed by atoms with Gasteiger partial charge in [-0.3, -0.25) is 9.69 Å². The van der Waals surface area contributed by atoms with Gasteiger partial charge in [0.1, 0.15) is 0 Å². The number of carbonyl (C=O) groups excluding carboxylic acids is 1. The number of aliphatic hydroxyl groups is 1. The summed E-state index contributed by atoms with van der Waals surface area (Å²) in [7, 11) is 0. The zero-order valence-electron chi connectivity index (χ0n) is 10.5. The van der Waals surface area contributed by atoms with E-state index in [1.54, 1.807) is 4.90 Å². The second-order valence-electron chi connectivity index (χ2n) is 4.69. The third kappa shape index (κ3) is 2.13. The minimum absolute atomic E-state index is 0.00982. The van der Waals surface area contributed by atoms with Crippen molar-refractivity contribution in [2.75, 3.05) is 4.90 Å². The number of nitrogens with zero attached hydrogens (tertiary/aromatic N) is 1. The Morgan fingerprint density at radius 3 is 2.58 bits per heavy atom. The Kier molecular flexibility index (Phi) is 3.05. The predicted octanol–water partition coefficient (Wildman–Crippen LogP) is 2.79. The fourth-order valence-electron chi connectivity index (χ4n) is 2.48. The molecule has 3 heteroatoms. The van der Waals surface area contributed by atoms with Crippen LogP contribution in [-0.2, 0) is 17.8 Å². The van der Waals surface area contributed by atoms with Crippen LogP contribution in [0.25, 0.3) is 0 Å². The molecule has 1 aliphatic heterocycles. The van der Waals surface area contributed by atoms with E-state index < -0.39 is 0 Å². The molecule has 1 N–H and O–H groups in total. The van der Waals surface area contributed by atoms with Crippen LogP contribution in [0.4, 0.5) is 11.4 Å². The van der Waals surface area contributed by atoms with Gasteiger partial charge < -0.3 is 5.11 Å². The summed E-state index contributed by atoms with van der Waals surface area (Å²) in [4.78, 5) is 14.0. The molecule has 0 aromatic heterocycles. The van der Waals surface area contributed by atoms with Gasteiger partial charge in [-0.1, -0.05) is 30.3 Å². The van der Waals surface area contributed by atoms with E-state index >= 15 is 0 Å². The Balaban J connectivity index is 2.13. The maximum Gasteiger partial charge on any atom is 0.231 e. The van der Waals surface area contributed by atoms with E-state index in [4.69, 9.17) is 0 Å². The number of hydrogen-bond acceptors (Lipinski definition) is 2. The Morgan fingerprint density at radius 1 is 1.05 bits per heavy atom. The predicted molar refractivity (Wildman–Crippen MR) is 74.3 cm³/mol. The van der Waals surface area contributed by atoms with E-state index in [2.05, 4.69) is 0 Å². The second kappa shape index (κ2) is 4.86. The third-order valence-corrected chi connectivity index (χ3v) is 3.45. The quantitative estimate of drug-likeness (QED) is 0.894. The fraction of sp³-hybridized carbons (Fsp3) is 0.188. The lowest BCUT2D eigenvalue weighted by Crippen LogP contribution is -2.30. The molecule has 19 heavy (non-hydrogen) atoms. The van der Waals surface area contributed by atoms with Crippen LogP contribution in [0.5, 0.6) is 0 Å². The summed E-state index contributed by atoms with van der Waals surface area (Å²) < 4.78 is 0. The minimum atomic E-state index is -0.00982. The molecular weight excluding hydrogens is 238 g/mol. The lowest BCUT2D eigenvalue weighted by molar-refractivity contribution is -0.118. The van der Waals surface area contributed by atoms with Gasteiger partial charge in [0.2, 0.25) is 5.91 Å². The molecule has 0 unspecified atom stereocenters. The first kappa shape index (κ1) is 11.9. The molecule has 1 amide bonds. The molecule has 0 saturated carbocycles. The average Bonchev–Trinajstić information content (AvgIpc) is 2.47. The largest absolute Gasteiger partial charge is 0.392 e. The van der Waals surface area contributed by atoms with E-state index in [1.165, 1.54) is 0 Å². The first-order valence-electron chi connectivity index (χ1n) is 6.40. The van der Waals surface area contributed by atoms with Gasteiger partial charge in [0, 0.05) is 12.1 Å². The van der Waals surface area contributed by atoms with Crippen molar-refractivity contribution in [2.45, 2.75) is 19.4 Å². The van der Waals surface area contributed by atoms with Crippen LogP contribution in [0, 0.1) is 0 Å². The number of carbonyl (C=O) groups is 1. The van der Waals surface area contributed by atoms with Gasteiger partial charge in [0.15, 0.2) is 0 Å². The number of anilines is 2. The molecule has 0 radical (unpaired) electrons. The van der Waals surface area contributed by atoms with Crippen molar-refractivity contribution < 1.29 is 9.90 Å². The number of aryl methyl sites for hydroxylation is 1. The Labute approximate surface area is 112 Å². The van der Waals surface area contributed by atoms with Gasteiger partial charge in [0.25, 0.3) is 0 Å². The number of fused-ring (bicyclic) bond motifs is 1. The standard InChI is InChI=1S/C16H15NO2/c18-11-12-6-7-13-8-9-16(19)17(15(13)10-12)14-4-2-1-3-5-14/h1-7,10,18H,8-9,11H2. The van der Waals surface area contributed by atoms with Gasteiger partial charge in [-0.2, -0.15) is 0 Å². The molecule has 0 bridgehead atoms. The van der Waals surface area contributed by atoms with Crippen molar-refractivity contribution in [3.63, 3.8) is 0 Å². The van der Waals surface area contributed by atoms with Crippen molar-refractivity contribution in [3.8, 4) is 0 Å². The topological polar surface area (TPSA) is 40.5 Å². The highest BCUT2D eigenvalue weighted by atomic mass is 16.3. The summed E-state index contributed by atoms with van der Waals surface area (Å²) in [5.41, 5.74) is 3.76. The summed E-state index contributed by atoms with van der Waals surface area (Å²) in [6.07, 6.45) is 1.30. The highest BCUT2D eigenvalue weighted by molar-refractivity contribution is 6.03. The van der Waals surface area contributed by atoms with E-state index in [0.29, 0.717) is 6.42 Å². The first-order valence-corrected chi connectivity index (χ1v) is 6.40. The van der Waals surface area contributed by atoms with Crippen LogP contribution in [0.2, 0.25) is 0 Å². The van der Waals surface area contributed by atoms with Crippen LogP contribution < -0.4 is 4.90 Å². The van der Waals surface area contributed by atoms with Gasteiger partial charge in [-0.15, -0.1) is 0 Å². The first-order chi connectivity index (χ1) is 9.29. The van der Waals surface area contributed by atoms with Crippen LogP contribution in [-0.4, -0.2) is 11.0 Å². The molecule has 0 fully saturated rings. The Morgan fingerprint density at radius 2 is 1.84 bits per heavy atom. The molecule has 0 aliphatic carbocycles. The van der Waals surface area contributed by atoms with Gasteiger partial charge >= 0.3 is 0 Å². The maximum absolute atomic E-state index is 12.2. The highest BCUT2D eigenvalue weighted by Gasteiger charge is 2.25.